The predicted molar refractivity (Wildman–Crippen MR) is 150 cm³/mol. The van der Waals surface area contributed by atoms with E-state index in [9.17, 15) is 14.4 Å². The number of nitrogens with zero attached hydrogens (tertiary/aromatic N) is 1. The normalized spacial score (nSPS) is 19.4. The van der Waals surface area contributed by atoms with E-state index in [1.165, 1.54) is 4.90 Å². The summed E-state index contributed by atoms with van der Waals surface area (Å²) in [6, 6.07) is 12.2. The summed E-state index contributed by atoms with van der Waals surface area (Å²) in [4.78, 5) is 37.5. The smallest absolute Gasteiger partial charge is 0.411 e. The SMILES string of the molecule is C=CC1CC1C(=O)OCC.CNC(=O)C1Cc2cc(Oc3cccc(Cl)c3)ccc2CN1C(=O)OC(C)(C)C. The van der Waals surface area contributed by atoms with Crippen LogP contribution in [0.15, 0.2) is 55.1 Å². The lowest BCUT2D eigenvalue weighted by Crippen LogP contribution is -2.53. The van der Waals surface area contributed by atoms with Crippen LogP contribution in [0.2, 0.25) is 5.02 Å². The monoisotopic (exact) mass is 556 g/mol. The average Bonchev–Trinajstić information content (AvgIpc) is 3.67. The van der Waals surface area contributed by atoms with Crippen LogP contribution in [0.25, 0.3) is 0 Å². The molecule has 4 rings (SSSR count). The molecule has 3 atom stereocenters. The van der Waals surface area contributed by atoms with Crippen molar-refractivity contribution >= 4 is 29.6 Å². The van der Waals surface area contributed by atoms with E-state index in [1.807, 2.05) is 43.3 Å². The molecule has 0 bridgehead atoms. The van der Waals surface area contributed by atoms with Crippen molar-refractivity contribution in [2.24, 2.45) is 11.8 Å². The topological polar surface area (TPSA) is 94.2 Å². The molecule has 1 aliphatic carbocycles. The highest BCUT2D eigenvalue weighted by atomic mass is 35.5. The van der Waals surface area contributed by atoms with Crippen molar-refractivity contribution in [3.8, 4) is 11.5 Å². The number of halogens is 1. The van der Waals surface area contributed by atoms with Gasteiger partial charge < -0.3 is 19.5 Å². The fourth-order valence-corrected chi connectivity index (χ4v) is 4.38. The zero-order chi connectivity index (χ0) is 28.7. The maximum absolute atomic E-state index is 12.7. The van der Waals surface area contributed by atoms with E-state index in [2.05, 4.69) is 11.9 Å². The highest BCUT2D eigenvalue weighted by molar-refractivity contribution is 6.30. The number of ether oxygens (including phenoxy) is 3. The Morgan fingerprint density at radius 1 is 1.13 bits per heavy atom. The second kappa shape index (κ2) is 13.0. The van der Waals surface area contributed by atoms with Crippen LogP contribution < -0.4 is 10.1 Å². The molecule has 2 aliphatic rings. The molecule has 0 radical (unpaired) electrons. The van der Waals surface area contributed by atoms with Crippen LogP contribution in [0.5, 0.6) is 11.5 Å². The molecule has 210 valence electrons. The van der Waals surface area contributed by atoms with E-state index in [0.29, 0.717) is 42.0 Å². The molecule has 8 nitrogen and oxygen atoms in total. The third-order valence-electron chi connectivity index (χ3n) is 6.25. The molecule has 2 amide bonds. The molecule has 0 saturated heterocycles. The Kier molecular flexibility index (Phi) is 10.0. The number of rotatable bonds is 6. The minimum absolute atomic E-state index is 0.0626. The second-order valence-corrected chi connectivity index (χ2v) is 10.9. The number of hydrogen-bond donors (Lipinski definition) is 1. The van der Waals surface area contributed by atoms with Gasteiger partial charge >= 0.3 is 12.1 Å². The molecule has 2 aromatic rings. The number of carbonyl (C=O) groups is 3. The summed E-state index contributed by atoms with van der Waals surface area (Å²) < 4.78 is 16.2. The molecule has 1 heterocycles. The molecular weight excluding hydrogens is 520 g/mol. The van der Waals surface area contributed by atoms with Crippen LogP contribution >= 0.6 is 11.6 Å². The van der Waals surface area contributed by atoms with Gasteiger partial charge in [-0.2, -0.15) is 0 Å². The molecule has 2 aromatic carbocycles. The van der Waals surface area contributed by atoms with Gasteiger partial charge in [-0.15, -0.1) is 6.58 Å². The summed E-state index contributed by atoms with van der Waals surface area (Å²) in [5.41, 5.74) is 1.27. The molecule has 1 saturated carbocycles. The van der Waals surface area contributed by atoms with Gasteiger partial charge in [-0.25, -0.2) is 4.79 Å². The Balaban J connectivity index is 0.000000353. The molecule has 1 fully saturated rings. The van der Waals surface area contributed by atoms with Crippen molar-refractivity contribution in [3.05, 3.63) is 71.3 Å². The largest absolute Gasteiger partial charge is 0.466 e. The van der Waals surface area contributed by atoms with Crippen molar-refractivity contribution in [1.82, 2.24) is 10.2 Å². The van der Waals surface area contributed by atoms with Crippen molar-refractivity contribution in [1.29, 1.82) is 0 Å². The van der Waals surface area contributed by atoms with E-state index >= 15 is 0 Å². The number of carbonyl (C=O) groups excluding carboxylic acids is 3. The first-order chi connectivity index (χ1) is 18.4. The molecule has 39 heavy (non-hydrogen) atoms. The summed E-state index contributed by atoms with van der Waals surface area (Å²) in [7, 11) is 1.56. The standard InChI is InChI=1S/C22H25ClN2O4.C8H12O2/c1-22(2,3)29-21(27)25-13-14-8-9-18(28-17-7-5-6-16(23)12-17)10-15(14)11-19(25)20(26)24-4;1-3-6-5-7(6)8(9)10-4-2/h5-10,12,19H,11,13H2,1-4H3,(H,24,26);3,6-7H,1,4-5H2,2H3. The van der Waals surface area contributed by atoms with Crippen LogP contribution in [0.4, 0.5) is 4.79 Å². The minimum atomic E-state index is -0.649. The number of esters is 1. The van der Waals surface area contributed by atoms with E-state index in [-0.39, 0.29) is 17.8 Å². The van der Waals surface area contributed by atoms with Crippen molar-refractivity contribution in [2.45, 2.75) is 58.7 Å². The van der Waals surface area contributed by atoms with Gasteiger partial charge in [0.15, 0.2) is 0 Å². The summed E-state index contributed by atoms with van der Waals surface area (Å²) in [5.74, 6) is 1.49. The Bertz CT molecular complexity index is 1210. The van der Waals surface area contributed by atoms with E-state index < -0.39 is 17.7 Å². The van der Waals surface area contributed by atoms with E-state index in [0.717, 1.165) is 17.5 Å². The minimum Gasteiger partial charge on any atom is -0.466 e. The highest BCUT2D eigenvalue weighted by Gasteiger charge is 2.41. The molecule has 9 heteroatoms. The molecule has 1 N–H and O–H groups in total. The first-order valence-corrected chi connectivity index (χ1v) is 13.4. The quantitative estimate of drug-likeness (QED) is 0.351. The van der Waals surface area contributed by atoms with Crippen LogP contribution in [0.3, 0.4) is 0 Å². The third kappa shape index (κ3) is 8.48. The van der Waals surface area contributed by atoms with Crippen LogP contribution in [-0.2, 0) is 32.0 Å². The zero-order valence-corrected chi connectivity index (χ0v) is 23.9. The zero-order valence-electron chi connectivity index (χ0n) is 23.2. The van der Waals surface area contributed by atoms with E-state index in [4.69, 9.17) is 25.8 Å². The van der Waals surface area contributed by atoms with Crippen molar-refractivity contribution < 1.29 is 28.6 Å². The lowest BCUT2D eigenvalue weighted by atomic mass is 9.93. The van der Waals surface area contributed by atoms with Crippen LogP contribution in [0.1, 0.15) is 45.2 Å². The number of nitrogens with one attached hydrogen (secondary N) is 1. The molecule has 3 unspecified atom stereocenters. The van der Waals surface area contributed by atoms with Crippen molar-refractivity contribution in [2.75, 3.05) is 13.7 Å². The molecule has 0 aromatic heterocycles. The summed E-state index contributed by atoms with van der Waals surface area (Å²) in [6.07, 6.45) is 2.63. The van der Waals surface area contributed by atoms with Crippen LogP contribution in [-0.4, -0.2) is 48.2 Å². The molecular formula is C30H37ClN2O6. The number of benzene rings is 2. The third-order valence-corrected chi connectivity index (χ3v) is 6.48. The Morgan fingerprint density at radius 2 is 1.85 bits per heavy atom. The van der Waals surface area contributed by atoms with Crippen LogP contribution in [0, 0.1) is 11.8 Å². The van der Waals surface area contributed by atoms with E-state index in [1.54, 1.807) is 40.0 Å². The average molecular weight is 557 g/mol. The number of amides is 2. The van der Waals surface area contributed by atoms with Gasteiger partial charge in [0.2, 0.25) is 5.91 Å². The maximum atomic E-state index is 12.7. The molecule has 1 aliphatic heterocycles. The number of likely N-dealkylation sites (N-methyl/N-ethyl adjacent to an activating group) is 1. The van der Waals surface area contributed by atoms with Gasteiger partial charge in [0.05, 0.1) is 19.1 Å². The number of hydrogen-bond acceptors (Lipinski definition) is 6. The van der Waals surface area contributed by atoms with Gasteiger partial charge in [0.1, 0.15) is 23.1 Å². The Hall–Kier alpha value is -3.52. The lowest BCUT2D eigenvalue weighted by Gasteiger charge is -2.36. The Morgan fingerprint density at radius 3 is 2.44 bits per heavy atom. The molecule has 0 spiro atoms. The Labute approximate surface area is 235 Å². The van der Waals surface area contributed by atoms with Gasteiger partial charge in [0, 0.05) is 18.5 Å². The van der Waals surface area contributed by atoms with Crippen molar-refractivity contribution in [3.63, 3.8) is 0 Å². The van der Waals surface area contributed by atoms with Gasteiger partial charge in [-0.05, 0) is 81.5 Å². The van der Waals surface area contributed by atoms with Gasteiger partial charge in [-0.3, -0.25) is 14.5 Å². The first-order valence-electron chi connectivity index (χ1n) is 13.0. The predicted octanol–water partition coefficient (Wildman–Crippen LogP) is 5.91. The maximum Gasteiger partial charge on any atom is 0.411 e. The summed E-state index contributed by atoms with van der Waals surface area (Å²) in [6.45, 7) is 11.6. The highest BCUT2D eigenvalue weighted by Crippen LogP contribution is 2.40. The van der Waals surface area contributed by atoms with Gasteiger partial charge in [-0.1, -0.05) is 29.8 Å². The summed E-state index contributed by atoms with van der Waals surface area (Å²) >= 11 is 6.01. The number of fused-ring (bicyclic) bond motifs is 1. The first kappa shape index (κ1) is 30.0. The number of allylic oxidation sites excluding steroid dienone is 1. The fourth-order valence-electron chi connectivity index (χ4n) is 4.20. The fraction of sp³-hybridized carbons (Fsp3) is 0.433. The summed E-state index contributed by atoms with van der Waals surface area (Å²) in [5, 5.41) is 3.23. The lowest BCUT2D eigenvalue weighted by molar-refractivity contribution is -0.144. The van der Waals surface area contributed by atoms with Gasteiger partial charge in [0.25, 0.3) is 0 Å². The second-order valence-electron chi connectivity index (χ2n) is 10.4.